The lowest BCUT2D eigenvalue weighted by Gasteiger charge is -2.04. The summed E-state index contributed by atoms with van der Waals surface area (Å²) in [6, 6.07) is 1.78. The minimum atomic E-state index is 0.325. The summed E-state index contributed by atoms with van der Waals surface area (Å²) in [5.74, 6) is 2.05. The smallest absolute Gasteiger partial charge is 0.264 e. The molecule has 3 rings (SSSR count). The maximum Gasteiger partial charge on any atom is 0.264 e. The molecular formula is C9H11N5O2. The number of nitrogens with one attached hydrogen (secondary N) is 1. The number of aromatic amines is 1. The molecule has 1 aliphatic heterocycles. The fraction of sp³-hybridized carbons (Fsp3) is 0.333. The van der Waals surface area contributed by atoms with Gasteiger partial charge in [0.15, 0.2) is 11.6 Å². The average Bonchev–Trinajstić information content (AvgIpc) is 2.82. The first kappa shape index (κ1) is 9.08. The number of rotatable bonds is 1. The second-order valence-electron chi connectivity index (χ2n) is 3.42. The van der Waals surface area contributed by atoms with Crippen molar-refractivity contribution in [3.05, 3.63) is 12.3 Å². The average molecular weight is 221 g/mol. The van der Waals surface area contributed by atoms with Crippen LogP contribution < -0.4 is 15.2 Å². The van der Waals surface area contributed by atoms with Crippen LogP contribution in [0.5, 0.6) is 11.6 Å². The monoisotopic (exact) mass is 221 g/mol. The summed E-state index contributed by atoms with van der Waals surface area (Å²) >= 11 is 0. The predicted molar refractivity (Wildman–Crippen MR) is 55.7 cm³/mol. The Morgan fingerprint density at radius 1 is 1.38 bits per heavy atom. The molecule has 0 unspecified atom stereocenters. The number of hydrogen-bond donors (Lipinski definition) is 2. The third kappa shape index (κ3) is 1.28. The zero-order valence-corrected chi connectivity index (χ0v) is 8.51. The van der Waals surface area contributed by atoms with Gasteiger partial charge in [0, 0.05) is 12.5 Å². The molecule has 2 aromatic heterocycles. The van der Waals surface area contributed by atoms with Gasteiger partial charge in [-0.1, -0.05) is 0 Å². The van der Waals surface area contributed by atoms with Crippen molar-refractivity contribution in [2.24, 2.45) is 0 Å². The van der Waals surface area contributed by atoms with Crippen molar-refractivity contribution in [1.29, 1.82) is 0 Å². The number of nitrogens with two attached hydrogens (primary N) is 1. The standard InChI is InChI=1S/C9H11N5O2/c10-8-7-9(16-5-1-4-15-7)14(13-8)6-2-3-11-12-6/h2-3H,1,4-5H2,(H2,10,13)(H,11,12). The molecule has 2 aromatic rings. The van der Waals surface area contributed by atoms with Crippen LogP contribution in [0.1, 0.15) is 6.42 Å². The Hall–Kier alpha value is -2.18. The molecule has 7 heteroatoms. The highest BCUT2D eigenvalue weighted by atomic mass is 16.5. The number of nitrogens with zero attached hydrogens (tertiary/aromatic N) is 3. The van der Waals surface area contributed by atoms with E-state index in [0.29, 0.717) is 36.5 Å². The lowest BCUT2D eigenvalue weighted by Crippen LogP contribution is -2.05. The van der Waals surface area contributed by atoms with E-state index in [-0.39, 0.29) is 0 Å². The number of ether oxygens (including phenoxy) is 2. The number of H-pyrrole nitrogens is 1. The molecule has 0 spiro atoms. The van der Waals surface area contributed by atoms with Crippen LogP contribution in [0.15, 0.2) is 12.3 Å². The van der Waals surface area contributed by atoms with Gasteiger partial charge in [-0.25, -0.2) is 0 Å². The second-order valence-corrected chi connectivity index (χ2v) is 3.42. The van der Waals surface area contributed by atoms with Gasteiger partial charge in [0.05, 0.1) is 19.4 Å². The first-order valence-electron chi connectivity index (χ1n) is 5.00. The Labute approximate surface area is 91.1 Å². The number of anilines is 1. The van der Waals surface area contributed by atoms with Crippen molar-refractivity contribution >= 4 is 5.82 Å². The minimum Gasteiger partial charge on any atom is -0.485 e. The van der Waals surface area contributed by atoms with Crippen molar-refractivity contribution in [3.63, 3.8) is 0 Å². The predicted octanol–water partition coefficient (Wildman–Crippen LogP) is 0.339. The highest BCUT2D eigenvalue weighted by Gasteiger charge is 2.22. The van der Waals surface area contributed by atoms with Crippen LogP contribution in [-0.2, 0) is 0 Å². The van der Waals surface area contributed by atoms with Gasteiger partial charge < -0.3 is 15.2 Å². The molecule has 0 saturated carbocycles. The molecule has 0 fully saturated rings. The molecule has 3 heterocycles. The lowest BCUT2D eigenvalue weighted by atomic mass is 10.5. The summed E-state index contributed by atoms with van der Waals surface area (Å²) in [6.07, 6.45) is 2.47. The Bertz CT molecular complexity index is 490. The van der Waals surface area contributed by atoms with Gasteiger partial charge in [0.25, 0.3) is 5.88 Å². The number of nitrogen functional groups attached to an aromatic ring is 1. The van der Waals surface area contributed by atoms with Crippen molar-refractivity contribution in [3.8, 4) is 17.4 Å². The van der Waals surface area contributed by atoms with E-state index in [2.05, 4.69) is 15.3 Å². The topological polar surface area (TPSA) is 91.0 Å². The van der Waals surface area contributed by atoms with Gasteiger partial charge in [-0.3, -0.25) is 5.10 Å². The van der Waals surface area contributed by atoms with E-state index in [1.807, 2.05) is 0 Å². The Kier molecular flexibility index (Phi) is 1.95. The highest BCUT2D eigenvalue weighted by Crippen LogP contribution is 2.36. The molecule has 1 aliphatic rings. The SMILES string of the molecule is Nc1nn(-c2ccn[nH]2)c2c1OCCCO2. The summed E-state index contributed by atoms with van der Waals surface area (Å²) < 4.78 is 12.6. The van der Waals surface area contributed by atoms with Gasteiger partial charge in [0.2, 0.25) is 5.75 Å². The molecule has 7 nitrogen and oxygen atoms in total. The minimum absolute atomic E-state index is 0.325. The zero-order chi connectivity index (χ0) is 11.0. The fourth-order valence-corrected chi connectivity index (χ4v) is 1.60. The third-order valence-electron chi connectivity index (χ3n) is 2.32. The highest BCUT2D eigenvalue weighted by molar-refractivity contribution is 5.55. The third-order valence-corrected chi connectivity index (χ3v) is 2.32. The molecule has 16 heavy (non-hydrogen) atoms. The first-order valence-corrected chi connectivity index (χ1v) is 5.00. The van der Waals surface area contributed by atoms with Crippen molar-refractivity contribution < 1.29 is 9.47 Å². The molecule has 0 radical (unpaired) electrons. The van der Waals surface area contributed by atoms with Crippen LogP contribution in [0.3, 0.4) is 0 Å². The van der Waals surface area contributed by atoms with Crippen LogP contribution >= 0.6 is 0 Å². The maximum atomic E-state index is 5.77. The van der Waals surface area contributed by atoms with Gasteiger partial charge in [-0.2, -0.15) is 9.78 Å². The molecule has 0 aliphatic carbocycles. The van der Waals surface area contributed by atoms with Crippen LogP contribution in [0, 0.1) is 0 Å². The molecule has 3 N–H and O–H groups in total. The van der Waals surface area contributed by atoms with E-state index in [1.165, 1.54) is 0 Å². The molecular weight excluding hydrogens is 210 g/mol. The van der Waals surface area contributed by atoms with Gasteiger partial charge in [-0.15, -0.1) is 5.10 Å². The molecule has 0 bridgehead atoms. The summed E-state index contributed by atoms with van der Waals surface area (Å²) in [5.41, 5.74) is 5.77. The van der Waals surface area contributed by atoms with Gasteiger partial charge in [-0.05, 0) is 0 Å². The zero-order valence-electron chi connectivity index (χ0n) is 8.51. The van der Waals surface area contributed by atoms with Crippen LogP contribution in [-0.4, -0.2) is 33.2 Å². The Balaban J connectivity index is 2.13. The van der Waals surface area contributed by atoms with Gasteiger partial charge >= 0.3 is 0 Å². The largest absolute Gasteiger partial charge is 0.485 e. The summed E-state index contributed by atoms with van der Waals surface area (Å²) in [6.45, 7) is 1.18. The van der Waals surface area contributed by atoms with E-state index in [9.17, 15) is 0 Å². The fourth-order valence-electron chi connectivity index (χ4n) is 1.60. The quantitative estimate of drug-likeness (QED) is 0.724. The number of fused-ring (bicyclic) bond motifs is 1. The number of aromatic nitrogens is 4. The maximum absolute atomic E-state index is 5.77. The molecule has 0 atom stereocenters. The molecule has 0 amide bonds. The van der Waals surface area contributed by atoms with E-state index < -0.39 is 0 Å². The van der Waals surface area contributed by atoms with Crippen molar-refractivity contribution in [2.75, 3.05) is 18.9 Å². The van der Waals surface area contributed by atoms with E-state index >= 15 is 0 Å². The van der Waals surface area contributed by atoms with Crippen LogP contribution in [0.4, 0.5) is 5.82 Å². The molecule has 0 saturated heterocycles. The summed E-state index contributed by atoms with van der Waals surface area (Å²) in [5, 5.41) is 10.8. The summed E-state index contributed by atoms with van der Waals surface area (Å²) in [7, 11) is 0. The Morgan fingerprint density at radius 3 is 3.06 bits per heavy atom. The first-order chi connectivity index (χ1) is 7.86. The van der Waals surface area contributed by atoms with Crippen molar-refractivity contribution in [2.45, 2.75) is 6.42 Å². The normalized spacial score (nSPS) is 14.8. The second kappa shape index (κ2) is 3.44. The molecule has 84 valence electrons. The van der Waals surface area contributed by atoms with Crippen LogP contribution in [0.25, 0.3) is 5.82 Å². The van der Waals surface area contributed by atoms with Crippen molar-refractivity contribution in [1.82, 2.24) is 20.0 Å². The number of hydrogen-bond acceptors (Lipinski definition) is 5. The van der Waals surface area contributed by atoms with E-state index in [0.717, 1.165) is 6.42 Å². The van der Waals surface area contributed by atoms with E-state index in [4.69, 9.17) is 15.2 Å². The summed E-state index contributed by atoms with van der Waals surface area (Å²) in [4.78, 5) is 0. The van der Waals surface area contributed by atoms with Gasteiger partial charge in [0.1, 0.15) is 0 Å². The Morgan fingerprint density at radius 2 is 2.25 bits per heavy atom. The lowest BCUT2D eigenvalue weighted by molar-refractivity contribution is 0.285. The van der Waals surface area contributed by atoms with E-state index in [1.54, 1.807) is 16.9 Å². The molecule has 0 aromatic carbocycles. The van der Waals surface area contributed by atoms with Crippen LogP contribution in [0.2, 0.25) is 0 Å².